The maximum Gasteiger partial charge on any atom is 0.277 e. The van der Waals surface area contributed by atoms with E-state index in [1.165, 1.54) is 0 Å². The minimum atomic E-state index is -0.776. The van der Waals surface area contributed by atoms with Crippen LogP contribution in [0.4, 0.5) is 5.82 Å². The van der Waals surface area contributed by atoms with Crippen LogP contribution in [-0.2, 0) is 25.5 Å². The van der Waals surface area contributed by atoms with Gasteiger partial charge in [-0.15, -0.1) is 0 Å². The number of ether oxygens (including phenoxy) is 3. The van der Waals surface area contributed by atoms with Crippen molar-refractivity contribution in [2.24, 2.45) is 0 Å². The molecule has 0 bridgehead atoms. The summed E-state index contributed by atoms with van der Waals surface area (Å²) < 4.78 is 15.9. The lowest BCUT2D eigenvalue weighted by Crippen LogP contribution is -2.41. The van der Waals surface area contributed by atoms with Crippen LogP contribution in [0, 0.1) is 0 Å². The van der Waals surface area contributed by atoms with Crippen molar-refractivity contribution >= 4 is 11.7 Å². The van der Waals surface area contributed by atoms with Crippen molar-refractivity contribution in [1.29, 1.82) is 0 Å². The summed E-state index contributed by atoms with van der Waals surface area (Å²) in [5, 5.41) is 2.82. The largest absolute Gasteiger partial charge is 0.375 e. The Hall–Kier alpha value is -1.70. The molecule has 0 spiro atoms. The number of aromatic nitrogens is 1. The molecular formula is C15H21N3O4. The molecule has 1 aromatic heterocycles. The van der Waals surface area contributed by atoms with Gasteiger partial charge in [0.05, 0.1) is 25.9 Å². The van der Waals surface area contributed by atoms with Crippen molar-refractivity contribution in [2.45, 2.75) is 25.9 Å². The number of rotatable bonds is 4. The highest BCUT2D eigenvalue weighted by atomic mass is 16.7. The Morgan fingerprint density at radius 1 is 1.36 bits per heavy atom. The highest BCUT2D eigenvalue weighted by Gasteiger charge is 2.24. The molecule has 120 valence electrons. The number of nitrogens with zero attached hydrogens (tertiary/aromatic N) is 2. The summed E-state index contributed by atoms with van der Waals surface area (Å²) in [7, 11) is 0. The van der Waals surface area contributed by atoms with Gasteiger partial charge in [0, 0.05) is 25.8 Å². The van der Waals surface area contributed by atoms with Gasteiger partial charge in [0.2, 0.25) is 6.29 Å². The number of hydrogen-bond acceptors (Lipinski definition) is 6. The van der Waals surface area contributed by atoms with E-state index in [1.807, 2.05) is 12.1 Å². The number of carbonyl (C=O) groups excluding carboxylic acids is 1. The fourth-order valence-electron chi connectivity index (χ4n) is 2.55. The summed E-state index contributed by atoms with van der Waals surface area (Å²) in [4.78, 5) is 18.5. The number of nitrogens with one attached hydrogen (secondary N) is 1. The van der Waals surface area contributed by atoms with Crippen molar-refractivity contribution in [3.05, 3.63) is 23.9 Å². The lowest BCUT2D eigenvalue weighted by Gasteiger charge is -2.32. The second-order valence-corrected chi connectivity index (χ2v) is 5.44. The fourth-order valence-corrected chi connectivity index (χ4v) is 2.55. The van der Waals surface area contributed by atoms with E-state index in [2.05, 4.69) is 22.1 Å². The summed E-state index contributed by atoms with van der Waals surface area (Å²) in [6.07, 6.45) is 1.19. The van der Waals surface area contributed by atoms with Crippen molar-refractivity contribution in [1.82, 2.24) is 10.3 Å². The number of anilines is 1. The van der Waals surface area contributed by atoms with Crippen LogP contribution in [-0.4, -0.2) is 56.2 Å². The van der Waals surface area contributed by atoms with Crippen LogP contribution < -0.4 is 10.2 Å². The third-order valence-electron chi connectivity index (χ3n) is 3.68. The number of amides is 1. The molecule has 1 N–H and O–H groups in total. The van der Waals surface area contributed by atoms with Crippen LogP contribution in [0.3, 0.4) is 0 Å². The van der Waals surface area contributed by atoms with Crippen LogP contribution in [0.15, 0.2) is 18.3 Å². The van der Waals surface area contributed by atoms with E-state index in [1.54, 1.807) is 6.20 Å². The van der Waals surface area contributed by atoms with Crippen LogP contribution in [0.2, 0.25) is 0 Å². The maximum atomic E-state index is 11.8. The molecule has 2 saturated heterocycles. The van der Waals surface area contributed by atoms with Crippen LogP contribution in [0.5, 0.6) is 0 Å². The van der Waals surface area contributed by atoms with Gasteiger partial charge in [-0.1, -0.05) is 0 Å². The second kappa shape index (κ2) is 7.04. The van der Waals surface area contributed by atoms with E-state index in [-0.39, 0.29) is 12.0 Å². The molecule has 2 aliphatic rings. The van der Waals surface area contributed by atoms with Crippen molar-refractivity contribution in [3.8, 4) is 0 Å². The minimum Gasteiger partial charge on any atom is -0.375 e. The van der Waals surface area contributed by atoms with Gasteiger partial charge >= 0.3 is 0 Å². The number of hydrogen-bond donors (Lipinski definition) is 1. The van der Waals surface area contributed by atoms with Crippen LogP contribution >= 0.6 is 0 Å². The first-order chi connectivity index (χ1) is 10.7. The van der Waals surface area contributed by atoms with Gasteiger partial charge in [-0.05, 0) is 24.6 Å². The van der Waals surface area contributed by atoms with Gasteiger partial charge in [0.1, 0.15) is 5.82 Å². The molecule has 7 nitrogen and oxygen atoms in total. The number of carbonyl (C=O) groups is 1. The van der Waals surface area contributed by atoms with Gasteiger partial charge in [0.25, 0.3) is 5.91 Å². The van der Waals surface area contributed by atoms with Crippen molar-refractivity contribution in [2.75, 3.05) is 37.8 Å². The SMILES string of the molecule is CC1CN(c2cc(CNC(=O)C3OCCO3)ccn2)CCO1. The lowest BCUT2D eigenvalue weighted by molar-refractivity contribution is -0.146. The molecule has 2 aliphatic heterocycles. The average Bonchev–Trinajstić information content (AvgIpc) is 3.07. The molecule has 3 heterocycles. The third kappa shape index (κ3) is 3.73. The predicted octanol–water partition coefficient (Wildman–Crippen LogP) is 0.296. The Labute approximate surface area is 129 Å². The Kier molecular flexibility index (Phi) is 4.87. The highest BCUT2D eigenvalue weighted by Crippen LogP contribution is 2.16. The Balaban J connectivity index is 1.57. The molecule has 2 fully saturated rings. The van der Waals surface area contributed by atoms with Gasteiger partial charge in [0.15, 0.2) is 0 Å². The Morgan fingerprint density at radius 2 is 2.18 bits per heavy atom. The minimum absolute atomic E-state index is 0.204. The third-order valence-corrected chi connectivity index (χ3v) is 3.68. The van der Waals surface area contributed by atoms with Crippen LogP contribution in [0.25, 0.3) is 0 Å². The summed E-state index contributed by atoms with van der Waals surface area (Å²) in [6.45, 7) is 5.78. The van der Waals surface area contributed by atoms with E-state index in [4.69, 9.17) is 14.2 Å². The molecule has 7 heteroatoms. The Bertz CT molecular complexity index is 519. The molecular weight excluding hydrogens is 286 g/mol. The molecule has 0 saturated carbocycles. The van der Waals surface area contributed by atoms with E-state index < -0.39 is 6.29 Å². The molecule has 0 aromatic carbocycles. The molecule has 3 rings (SSSR count). The first-order valence-corrected chi connectivity index (χ1v) is 7.55. The summed E-state index contributed by atoms with van der Waals surface area (Å²) >= 11 is 0. The average molecular weight is 307 g/mol. The normalized spacial score (nSPS) is 22.8. The zero-order valence-electron chi connectivity index (χ0n) is 12.7. The summed E-state index contributed by atoms with van der Waals surface area (Å²) in [5.74, 6) is 0.672. The lowest BCUT2D eigenvalue weighted by atomic mass is 10.2. The van der Waals surface area contributed by atoms with Crippen molar-refractivity contribution < 1.29 is 19.0 Å². The van der Waals surface area contributed by atoms with E-state index in [0.717, 1.165) is 24.5 Å². The van der Waals surface area contributed by atoms with Gasteiger partial charge < -0.3 is 24.4 Å². The quantitative estimate of drug-likeness (QED) is 0.862. The summed E-state index contributed by atoms with van der Waals surface area (Å²) in [5.41, 5.74) is 0.996. The van der Waals surface area contributed by atoms with E-state index in [9.17, 15) is 4.79 Å². The first-order valence-electron chi connectivity index (χ1n) is 7.55. The first kappa shape index (κ1) is 15.2. The Morgan fingerprint density at radius 3 is 2.95 bits per heavy atom. The number of morpholine rings is 1. The maximum absolute atomic E-state index is 11.8. The molecule has 1 amide bonds. The van der Waals surface area contributed by atoms with E-state index >= 15 is 0 Å². The highest BCUT2D eigenvalue weighted by molar-refractivity contribution is 5.79. The molecule has 22 heavy (non-hydrogen) atoms. The van der Waals surface area contributed by atoms with Crippen molar-refractivity contribution in [3.63, 3.8) is 0 Å². The summed E-state index contributed by atoms with van der Waals surface area (Å²) in [6, 6.07) is 3.89. The molecule has 0 radical (unpaired) electrons. The molecule has 1 aromatic rings. The van der Waals surface area contributed by atoms with E-state index in [0.29, 0.717) is 26.4 Å². The fraction of sp³-hybridized carbons (Fsp3) is 0.600. The molecule has 1 unspecified atom stereocenters. The second-order valence-electron chi connectivity index (χ2n) is 5.44. The van der Waals surface area contributed by atoms with Gasteiger partial charge in [-0.25, -0.2) is 4.98 Å². The van der Waals surface area contributed by atoms with Gasteiger partial charge in [-0.3, -0.25) is 4.79 Å². The number of pyridine rings is 1. The molecule has 0 aliphatic carbocycles. The zero-order valence-corrected chi connectivity index (χ0v) is 12.7. The zero-order chi connectivity index (χ0) is 15.4. The monoisotopic (exact) mass is 307 g/mol. The van der Waals surface area contributed by atoms with Gasteiger partial charge in [-0.2, -0.15) is 0 Å². The topological polar surface area (TPSA) is 72.9 Å². The standard InChI is InChI=1S/C15H21N3O4/c1-11-10-18(4-5-20-11)13-8-12(2-3-16-13)9-17-14(19)15-21-6-7-22-15/h2-3,8,11,15H,4-7,9-10H2,1H3,(H,17,19). The van der Waals surface area contributed by atoms with Crippen LogP contribution in [0.1, 0.15) is 12.5 Å². The smallest absolute Gasteiger partial charge is 0.277 e. The predicted molar refractivity (Wildman–Crippen MR) is 79.4 cm³/mol. The molecule has 1 atom stereocenters.